The lowest BCUT2D eigenvalue weighted by Crippen LogP contribution is -2.44. The van der Waals surface area contributed by atoms with Gasteiger partial charge in [0, 0.05) is 11.5 Å². The van der Waals surface area contributed by atoms with Gasteiger partial charge in [-0.05, 0) is 77.1 Å². The normalized spacial score (nSPS) is 18.6. The maximum absolute atomic E-state index is 13.7. The molecule has 7 heteroatoms. The first-order valence-corrected chi connectivity index (χ1v) is 11.8. The van der Waals surface area contributed by atoms with Gasteiger partial charge in [-0.25, -0.2) is 4.79 Å². The van der Waals surface area contributed by atoms with Crippen LogP contribution in [-0.2, 0) is 0 Å². The number of anilines is 1. The zero-order valence-electron chi connectivity index (χ0n) is 18.7. The van der Waals surface area contributed by atoms with Crippen LogP contribution in [0.3, 0.4) is 0 Å². The van der Waals surface area contributed by atoms with Crippen molar-refractivity contribution < 1.29 is 19.8 Å². The van der Waals surface area contributed by atoms with E-state index in [1.54, 1.807) is 23.1 Å². The number of hydrogen-bond acceptors (Lipinski definition) is 4. The second kappa shape index (κ2) is 9.66. The maximum atomic E-state index is 13.7. The van der Waals surface area contributed by atoms with Crippen molar-refractivity contribution in [2.24, 2.45) is 5.41 Å². The Hall–Kier alpha value is -2.33. The lowest BCUT2D eigenvalue weighted by molar-refractivity contribution is 0.0702. The molecule has 170 valence electrons. The van der Waals surface area contributed by atoms with Crippen molar-refractivity contribution in [2.45, 2.75) is 65.5 Å². The summed E-state index contributed by atoms with van der Waals surface area (Å²) in [5.74, 6) is 4.75. The SMILES string of the molecule is Cc1ccc(C(=O)N(c2cc(C#CC(C)(C)C)sc2C(=O)O)C2CCC(O)CC2)c(Cl)c1. The monoisotopic (exact) mass is 473 g/mol. The van der Waals surface area contributed by atoms with Crippen molar-refractivity contribution in [1.82, 2.24) is 0 Å². The van der Waals surface area contributed by atoms with E-state index in [4.69, 9.17) is 11.6 Å². The minimum absolute atomic E-state index is 0.0749. The van der Waals surface area contributed by atoms with Gasteiger partial charge >= 0.3 is 5.97 Å². The molecule has 1 aromatic heterocycles. The van der Waals surface area contributed by atoms with Gasteiger partial charge in [-0.15, -0.1) is 11.3 Å². The molecule has 32 heavy (non-hydrogen) atoms. The van der Waals surface area contributed by atoms with Gasteiger partial charge in [-0.1, -0.05) is 29.5 Å². The van der Waals surface area contributed by atoms with E-state index < -0.39 is 12.1 Å². The van der Waals surface area contributed by atoms with Crippen molar-refractivity contribution in [3.63, 3.8) is 0 Å². The third-order valence-corrected chi connectivity index (χ3v) is 6.67. The zero-order valence-corrected chi connectivity index (χ0v) is 20.3. The summed E-state index contributed by atoms with van der Waals surface area (Å²) in [6.45, 7) is 7.83. The highest BCUT2D eigenvalue weighted by atomic mass is 35.5. The number of rotatable bonds is 4. The highest BCUT2D eigenvalue weighted by Gasteiger charge is 2.34. The molecule has 0 radical (unpaired) electrons. The van der Waals surface area contributed by atoms with Crippen molar-refractivity contribution in [3.05, 3.63) is 50.2 Å². The van der Waals surface area contributed by atoms with Gasteiger partial charge in [0.1, 0.15) is 4.88 Å². The molecule has 2 aromatic rings. The van der Waals surface area contributed by atoms with Crippen LogP contribution < -0.4 is 4.90 Å². The highest BCUT2D eigenvalue weighted by molar-refractivity contribution is 7.15. The summed E-state index contributed by atoms with van der Waals surface area (Å²) in [4.78, 5) is 28.0. The van der Waals surface area contributed by atoms with Crippen LogP contribution in [-0.4, -0.2) is 34.2 Å². The number of carboxylic acids is 1. The molecule has 2 N–H and O–H groups in total. The maximum Gasteiger partial charge on any atom is 0.348 e. The van der Waals surface area contributed by atoms with Gasteiger partial charge in [-0.3, -0.25) is 4.79 Å². The summed E-state index contributed by atoms with van der Waals surface area (Å²) < 4.78 is 0. The Labute approximate surface area is 198 Å². The summed E-state index contributed by atoms with van der Waals surface area (Å²) in [5, 5.41) is 20.2. The number of halogens is 1. The Morgan fingerprint density at radius 2 is 1.81 bits per heavy atom. The van der Waals surface area contributed by atoms with Crippen molar-refractivity contribution in [2.75, 3.05) is 4.90 Å². The van der Waals surface area contributed by atoms with Crippen LogP contribution in [0.4, 0.5) is 5.69 Å². The van der Waals surface area contributed by atoms with Crippen LogP contribution >= 0.6 is 22.9 Å². The third kappa shape index (κ3) is 5.72. The molecule has 1 aliphatic carbocycles. The minimum Gasteiger partial charge on any atom is -0.477 e. The minimum atomic E-state index is -1.10. The van der Waals surface area contributed by atoms with E-state index in [0.29, 0.717) is 46.8 Å². The van der Waals surface area contributed by atoms with E-state index in [9.17, 15) is 19.8 Å². The number of aromatic carboxylic acids is 1. The number of thiophene rings is 1. The smallest absolute Gasteiger partial charge is 0.348 e. The molecule has 3 rings (SSSR count). The number of benzene rings is 1. The fourth-order valence-corrected chi connectivity index (χ4v) is 4.89. The first-order valence-electron chi connectivity index (χ1n) is 10.6. The average Bonchev–Trinajstić information content (AvgIpc) is 3.12. The number of carboxylic acid groups (broad SMARTS) is 1. The molecule has 1 amide bonds. The van der Waals surface area contributed by atoms with Gasteiger partial charge in [0.2, 0.25) is 0 Å². The van der Waals surface area contributed by atoms with E-state index in [-0.39, 0.29) is 22.2 Å². The summed E-state index contributed by atoms with van der Waals surface area (Å²) in [6, 6.07) is 6.67. The number of carbonyl (C=O) groups excluding carboxylic acids is 1. The number of carbonyl (C=O) groups is 2. The fourth-order valence-electron chi connectivity index (χ4n) is 3.74. The predicted octanol–water partition coefficient (Wildman–Crippen LogP) is 5.76. The third-order valence-electron chi connectivity index (χ3n) is 5.33. The van der Waals surface area contributed by atoms with E-state index >= 15 is 0 Å². The Balaban J connectivity index is 2.12. The average molecular weight is 474 g/mol. The Bertz CT molecular complexity index is 1080. The Morgan fingerprint density at radius 3 is 2.38 bits per heavy atom. The molecule has 1 fully saturated rings. The number of aryl methyl sites for hydroxylation is 1. The molecular weight excluding hydrogens is 446 g/mol. The van der Waals surface area contributed by atoms with Crippen LogP contribution in [0.25, 0.3) is 0 Å². The van der Waals surface area contributed by atoms with E-state index in [2.05, 4.69) is 11.8 Å². The first-order chi connectivity index (χ1) is 15.0. The van der Waals surface area contributed by atoms with E-state index in [1.165, 1.54) is 0 Å². The molecule has 0 saturated heterocycles. The molecule has 1 aliphatic rings. The Kier molecular flexibility index (Phi) is 7.34. The molecule has 0 spiro atoms. The molecule has 0 aliphatic heterocycles. The highest BCUT2D eigenvalue weighted by Crippen LogP contribution is 2.37. The van der Waals surface area contributed by atoms with Gasteiger partial charge in [-0.2, -0.15) is 0 Å². The van der Waals surface area contributed by atoms with Crippen LogP contribution in [0.15, 0.2) is 24.3 Å². The molecule has 1 aromatic carbocycles. The van der Waals surface area contributed by atoms with Crippen molar-refractivity contribution in [3.8, 4) is 11.8 Å². The van der Waals surface area contributed by atoms with E-state index in [1.807, 2.05) is 33.8 Å². The zero-order chi connectivity index (χ0) is 23.6. The van der Waals surface area contributed by atoms with Crippen molar-refractivity contribution in [1.29, 1.82) is 0 Å². The number of hydrogen-bond donors (Lipinski definition) is 2. The summed E-state index contributed by atoms with van der Waals surface area (Å²) in [6.07, 6.45) is 1.86. The summed E-state index contributed by atoms with van der Waals surface area (Å²) in [7, 11) is 0. The Morgan fingerprint density at radius 1 is 1.16 bits per heavy atom. The first kappa shape index (κ1) is 24.3. The standard InChI is InChI=1S/C25H28ClNO4S/c1-15-5-10-19(20(26)13-15)23(29)27(16-6-8-17(28)9-7-16)21-14-18(11-12-25(2,3)4)32-22(21)24(30)31/h5,10,13-14,16-17,28H,6-9H2,1-4H3,(H,30,31). The molecule has 1 heterocycles. The quantitative estimate of drug-likeness (QED) is 0.553. The number of nitrogens with zero attached hydrogens (tertiary/aromatic N) is 1. The van der Waals surface area contributed by atoms with Crippen LogP contribution in [0.5, 0.6) is 0 Å². The molecule has 0 atom stereocenters. The van der Waals surface area contributed by atoms with Crippen LogP contribution in [0.1, 0.15) is 76.9 Å². The van der Waals surface area contributed by atoms with Gasteiger partial charge in [0.25, 0.3) is 5.91 Å². The number of aliphatic hydroxyl groups excluding tert-OH is 1. The van der Waals surface area contributed by atoms with Crippen LogP contribution in [0, 0.1) is 24.2 Å². The fraction of sp³-hybridized carbons (Fsp3) is 0.440. The summed E-state index contributed by atoms with van der Waals surface area (Å²) in [5.41, 5.74) is 1.36. The second-order valence-corrected chi connectivity index (χ2v) is 10.7. The van der Waals surface area contributed by atoms with Gasteiger partial charge in [0.15, 0.2) is 0 Å². The number of aliphatic hydroxyl groups is 1. The number of amides is 1. The molecule has 0 unspecified atom stereocenters. The largest absolute Gasteiger partial charge is 0.477 e. The van der Waals surface area contributed by atoms with Crippen LogP contribution in [0.2, 0.25) is 5.02 Å². The molecule has 5 nitrogen and oxygen atoms in total. The lowest BCUT2D eigenvalue weighted by Gasteiger charge is -2.36. The second-order valence-electron chi connectivity index (χ2n) is 9.25. The van der Waals surface area contributed by atoms with Crippen molar-refractivity contribution >= 4 is 40.5 Å². The van der Waals surface area contributed by atoms with Gasteiger partial charge in [0.05, 0.1) is 27.3 Å². The molecule has 1 saturated carbocycles. The topological polar surface area (TPSA) is 77.8 Å². The summed E-state index contributed by atoms with van der Waals surface area (Å²) >= 11 is 7.47. The lowest BCUT2D eigenvalue weighted by atomic mass is 9.91. The van der Waals surface area contributed by atoms with Gasteiger partial charge < -0.3 is 15.1 Å². The van der Waals surface area contributed by atoms with E-state index in [0.717, 1.165) is 16.9 Å². The molecular formula is C25H28ClNO4S. The predicted molar refractivity (Wildman–Crippen MR) is 129 cm³/mol. The molecule has 0 bridgehead atoms.